The van der Waals surface area contributed by atoms with E-state index in [0.29, 0.717) is 22.8 Å². The number of hydrogen-bond acceptors (Lipinski definition) is 7. The van der Waals surface area contributed by atoms with Crippen LogP contribution in [0.1, 0.15) is 31.0 Å². The van der Waals surface area contributed by atoms with Gasteiger partial charge in [0.2, 0.25) is 11.9 Å². The average molecular weight is 324 g/mol. The number of ether oxygens (including phenoxy) is 1. The van der Waals surface area contributed by atoms with Crippen LogP contribution in [-0.4, -0.2) is 27.3 Å². The van der Waals surface area contributed by atoms with Crippen molar-refractivity contribution in [3.63, 3.8) is 0 Å². The van der Waals surface area contributed by atoms with E-state index in [0.717, 1.165) is 5.56 Å². The molecule has 1 atom stereocenters. The van der Waals surface area contributed by atoms with Gasteiger partial charge in [0.15, 0.2) is 0 Å². The number of nitrogen functional groups attached to an aromatic ring is 1. The molecule has 8 heteroatoms. The number of fused-ring (bicyclic) bond motifs is 1. The SMILES string of the molecule is CCOC(=O)C1=C(C)Nc2nc(N)nn2C1c1ccc(C#N)cc1. The van der Waals surface area contributed by atoms with Gasteiger partial charge in [-0.3, -0.25) is 0 Å². The van der Waals surface area contributed by atoms with Gasteiger partial charge in [-0.2, -0.15) is 10.2 Å². The van der Waals surface area contributed by atoms with Crippen LogP contribution in [0.3, 0.4) is 0 Å². The molecule has 122 valence electrons. The van der Waals surface area contributed by atoms with Gasteiger partial charge in [-0.05, 0) is 31.5 Å². The molecule has 3 rings (SSSR count). The first-order valence-corrected chi connectivity index (χ1v) is 7.42. The molecule has 0 spiro atoms. The van der Waals surface area contributed by atoms with Gasteiger partial charge < -0.3 is 15.8 Å². The number of nitrogens with one attached hydrogen (secondary N) is 1. The van der Waals surface area contributed by atoms with Crippen LogP contribution in [-0.2, 0) is 9.53 Å². The lowest BCUT2D eigenvalue weighted by Crippen LogP contribution is -2.29. The number of allylic oxidation sites excluding steroid dienone is 1. The van der Waals surface area contributed by atoms with E-state index in [2.05, 4.69) is 21.5 Å². The van der Waals surface area contributed by atoms with E-state index in [-0.39, 0.29) is 12.6 Å². The number of nitrogens with two attached hydrogens (primary N) is 1. The largest absolute Gasteiger partial charge is 0.463 e. The van der Waals surface area contributed by atoms with Gasteiger partial charge in [-0.25, -0.2) is 9.48 Å². The fourth-order valence-corrected chi connectivity index (χ4v) is 2.69. The van der Waals surface area contributed by atoms with E-state index in [4.69, 9.17) is 15.7 Å². The Labute approximate surface area is 138 Å². The standard InChI is InChI=1S/C16H16N6O2/c1-3-24-14(23)12-9(2)19-16-20-15(18)21-22(16)13(12)11-6-4-10(8-17)5-7-11/h4-7,13H,3H2,1-2H3,(H3,18,19,20,21). The molecule has 0 fully saturated rings. The summed E-state index contributed by atoms with van der Waals surface area (Å²) in [6.07, 6.45) is 0. The normalized spacial score (nSPS) is 16.1. The first kappa shape index (κ1) is 15.6. The smallest absolute Gasteiger partial charge is 0.338 e. The van der Waals surface area contributed by atoms with Crippen molar-refractivity contribution in [1.29, 1.82) is 5.26 Å². The number of aromatic nitrogens is 3. The summed E-state index contributed by atoms with van der Waals surface area (Å²) in [4.78, 5) is 16.6. The van der Waals surface area contributed by atoms with Crippen molar-refractivity contribution in [2.24, 2.45) is 0 Å². The van der Waals surface area contributed by atoms with Crippen LogP contribution in [0.25, 0.3) is 0 Å². The first-order valence-electron chi connectivity index (χ1n) is 7.42. The summed E-state index contributed by atoms with van der Waals surface area (Å²) in [5, 5.41) is 16.2. The van der Waals surface area contributed by atoms with Gasteiger partial charge in [0.1, 0.15) is 6.04 Å². The summed E-state index contributed by atoms with van der Waals surface area (Å²) in [5.41, 5.74) is 8.08. The lowest BCUT2D eigenvalue weighted by molar-refractivity contribution is -0.139. The average Bonchev–Trinajstić information content (AvgIpc) is 2.93. The lowest BCUT2D eigenvalue weighted by Gasteiger charge is -2.28. The lowest BCUT2D eigenvalue weighted by atomic mass is 9.95. The van der Waals surface area contributed by atoms with E-state index < -0.39 is 12.0 Å². The van der Waals surface area contributed by atoms with Crippen molar-refractivity contribution in [3.05, 3.63) is 46.7 Å². The van der Waals surface area contributed by atoms with Crippen molar-refractivity contribution < 1.29 is 9.53 Å². The molecule has 1 aromatic carbocycles. The fraction of sp³-hybridized carbons (Fsp3) is 0.250. The molecule has 1 aliphatic rings. The molecule has 2 aromatic rings. The van der Waals surface area contributed by atoms with Crippen LogP contribution >= 0.6 is 0 Å². The highest BCUT2D eigenvalue weighted by Crippen LogP contribution is 2.35. The highest BCUT2D eigenvalue weighted by molar-refractivity contribution is 5.92. The third-order valence-corrected chi connectivity index (χ3v) is 3.72. The topological polar surface area (TPSA) is 119 Å². The molecule has 1 aromatic heterocycles. The monoisotopic (exact) mass is 324 g/mol. The second-order valence-electron chi connectivity index (χ2n) is 5.26. The second-order valence-corrected chi connectivity index (χ2v) is 5.26. The molecule has 24 heavy (non-hydrogen) atoms. The van der Waals surface area contributed by atoms with Crippen LogP contribution in [0.5, 0.6) is 0 Å². The van der Waals surface area contributed by atoms with Gasteiger partial charge in [-0.1, -0.05) is 12.1 Å². The molecule has 0 aliphatic carbocycles. The molecule has 3 N–H and O–H groups in total. The van der Waals surface area contributed by atoms with E-state index in [1.807, 2.05) is 0 Å². The molecule has 0 radical (unpaired) electrons. The van der Waals surface area contributed by atoms with Gasteiger partial charge in [0.05, 0.1) is 23.8 Å². The molecule has 8 nitrogen and oxygen atoms in total. The molecule has 1 aliphatic heterocycles. The summed E-state index contributed by atoms with van der Waals surface area (Å²) >= 11 is 0. The third kappa shape index (κ3) is 2.56. The second kappa shape index (κ2) is 6.04. The summed E-state index contributed by atoms with van der Waals surface area (Å²) < 4.78 is 6.74. The number of nitriles is 1. The molecule has 0 saturated carbocycles. The molecule has 2 heterocycles. The zero-order chi connectivity index (χ0) is 17.3. The Bertz CT molecular complexity index is 860. The van der Waals surface area contributed by atoms with Crippen LogP contribution in [0.4, 0.5) is 11.9 Å². The van der Waals surface area contributed by atoms with Crippen LogP contribution in [0.15, 0.2) is 35.5 Å². The first-order chi connectivity index (χ1) is 11.5. The van der Waals surface area contributed by atoms with Crippen LogP contribution in [0.2, 0.25) is 0 Å². The molecule has 1 unspecified atom stereocenters. The summed E-state index contributed by atoms with van der Waals surface area (Å²) in [6.45, 7) is 3.79. The van der Waals surface area contributed by atoms with Gasteiger partial charge in [0.25, 0.3) is 0 Å². The number of carbonyl (C=O) groups is 1. The molecule has 0 bridgehead atoms. The summed E-state index contributed by atoms with van der Waals surface area (Å²) in [6, 6.07) is 8.48. The van der Waals surface area contributed by atoms with Crippen LogP contribution in [0, 0.1) is 11.3 Å². The minimum atomic E-state index is -0.530. The summed E-state index contributed by atoms with van der Waals surface area (Å²) in [5.74, 6) is 0.123. The number of carbonyl (C=O) groups excluding carboxylic acids is 1. The molecule has 0 amide bonds. The molecular weight excluding hydrogens is 308 g/mol. The Morgan fingerprint density at radius 2 is 2.17 bits per heavy atom. The maximum atomic E-state index is 12.5. The highest BCUT2D eigenvalue weighted by Gasteiger charge is 2.34. The number of hydrogen-bond donors (Lipinski definition) is 2. The highest BCUT2D eigenvalue weighted by atomic mass is 16.5. The Morgan fingerprint density at radius 3 is 2.79 bits per heavy atom. The van der Waals surface area contributed by atoms with Crippen molar-refractivity contribution in [3.8, 4) is 6.07 Å². The van der Waals surface area contributed by atoms with Gasteiger partial charge >= 0.3 is 5.97 Å². The van der Waals surface area contributed by atoms with Crippen molar-refractivity contribution in [1.82, 2.24) is 14.8 Å². The number of anilines is 2. The molecule has 0 saturated heterocycles. The fourth-order valence-electron chi connectivity index (χ4n) is 2.69. The maximum absolute atomic E-state index is 12.5. The quantitative estimate of drug-likeness (QED) is 0.823. The van der Waals surface area contributed by atoms with Crippen molar-refractivity contribution in [2.45, 2.75) is 19.9 Å². The van der Waals surface area contributed by atoms with Gasteiger partial charge in [-0.15, -0.1) is 5.10 Å². The summed E-state index contributed by atoms with van der Waals surface area (Å²) in [7, 11) is 0. The van der Waals surface area contributed by atoms with Crippen molar-refractivity contribution in [2.75, 3.05) is 17.7 Å². The van der Waals surface area contributed by atoms with Crippen molar-refractivity contribution >= 4 is 17.9 Å². The Kier molecular flexibility index (Phi) is 3.92. The van der Waals surface area contributed by atoms with Gasteiger partial charge in [0, 0.05) is 5.70 Å². The van der Waals surface area contributed by atoms with E-state index in [1.54, 1.807) is 42.8 Å². The Balaban J connectivity index is 2.15. The number of nitrogens with zero attached hydrogens (tertiary/aromatic N) is 4. The number of esters is 1. The minimum Gasteiger partial charge on any atom is -0.463 e. The number of rotatable bonds is 3. The molecular formula is C16H16N6O2. The van der Waals surface area contributed by atoms with Crippen LogP contribution < -0.4 is 11.1 Å². The Morgan fingerprint density at radius 1 is 1.46 bits per heavy atom. The zero-order valence-electron chi connectivity index (χ0n) is 13.3. The maximum Gasteiger partial charge on any atom is 0.338 e. The zero-order valence-corrected chi connectivity index (χ0v) is 13.3. The van der Waals surface area contributed by atoms with E-state index in [9.17, 15) is 4.79 Å². The Hall–Kier alpha value is -3.34. The number of benzene rings is 1. The van der Waals surface area contributed by atoms with E-state index in [1.165, 1.54) is 0 Å². The minimum absolute atomic E-state index is 0.106. The predicted octanol–water partition coefficient (Wildman–Crippen LogP) is 1.58. The third-order valence-electron chi connectivity index (χ3n) is 3.72. The van der Waals surface area contributed by atoms with E-state index >= 15 is 0 Å². The predicted molar refractivity (Wildman–Crippen MR) is 86.7 cm³/mol.